The second-order valence-electron chi connectivity index (χ2n) is 7.42. The van der Waals surface area contributed by atoms with Crippen LogP contribution in [-0.2, 0) is 9.59 Å². The van der Waals surface area contributed by atoms with Gasteiger partial charge >= 0.3 is 0 Å². The molecule has 0 amide bonds. The summed E-state index contributed by atoms with van der Waals surface area (Å²) in [5.41, 5.74) is 3.41. The third-order valence-corrected chi connectivity index (χ3v) is 5.77. The molecule has 1 aromatic carbocycles. The Bertz CT molecular complexity index is 934. The molecular formula is C23H23NO4. The normalized spacial score (nSPS) is 24.1. The zero-order valence-electron chi connectivity index (χ0n) is 16.0. The van der Waals surface area contributed by atoms with Crippen molar-refractivity contribution in [1.29, 1.82) is 0 Å². The van der Waals surface area contributed by atoms with E-state index < -0.39 is 0 Å². The van der Waals surface area contributed by atoms with Gasteiger partial charge in [0.25, 0.3) is 0 Å². The third-order valence-electron chi connectivity index (χ3n) is 5.77. The van der Waals surface area contributed by atoms with E-state index in [0.29, 0.717) is 24.3 Å². The van der Waals surface area contributed by atoms with Gasteiger partial charge < -0.3 is 9.47 Å². The minimum absolute atomic E-state index is 0.110. The molecule has 5 heteroatoms. The lowest BCUT2D eigenvalue weighted by Crippen LogP contribution is -2.39. The maximum absolute atomic E-state index is 12.9. The number of carbonyl (C=O) groups excluding carboxylic acids is 2. The van der Waals surface area contributed by atoms with Crippen molar-refractivity contribution in [2.24, 2.45) is 10.9 Å². The molecule has 2 aliphatic carbocycles. The molecule has 5 nitrogen and oxygen atoms in total. The fourth-order valence-electron chi connectivity index (χ4n) is 4.58. The highest BCUT2D eigenvalue weighted by Gasteiger charge is 2.44. The number of allylic oxidation sites excluding steroid dienone is 2. The van der Waals surface area contributed by atoms with E-state index in [4.69, 9.17) is 20.9 Å². The van der Waals surface area contributed by atoms with E-state index in [9.17, 15) is 9.59 Å². The highest BCUT2D eigenvalue weighted by Crippen LogP contribution is 2.47. The molecule has 1 unspecified atom stereocenters. The molecule has 28 heavy (non-hydrogen) atoms. The van der Waals surface area contributed by atoms with Gasteiger partial charge in [0.05, 0.1) is 13.0 Å². The number of aliphatic imine (C=N–C) groups is 1. The molecule has 1 aliphatic heterocycles. The number of hydrogen-bond acceptors (Lipinski definition) is 5. The summed E-state index contributed by atoms with van der Waals surface area (Å²) in [6, 6.07) is 5.59. The molecule has 0 aromatic heterocycles. The number of benzene rings is 1. The van der Waals surface area contributed by atoms with E-state index >= 15 is 0 Å². The van der Waals surface area contributed by atoms with Gasteiger partial charge in [-0.1, -0.05) is 12.0 Å². The van der Waals surface area contributed by atoms with Crippen LogP contribution >= 0.6 is 0 Å². The zero-order valence-corrected chi connectivity index (χ0v) is 16.0. The molecule has 4 rings (SSSR count). The first-order valence-corrected chi connectivity index (χ1v) is 9.74. The SMILES string of the molecule is C#CCOc1ccc([C@H]2C3=C(CCCC3=O)N=C3CCCC(=O)C32)cc1OC. The fraction of sp³-hybridized carbons (Fsp3) is 0.435. The minimum atomic E-state index is -0.350. The summed E-state index contributed by atoms with van der Waals surface area (Å²) in [5, 5.41) is 0. The first kappa shape index (κ1) is 18.5. The topological polar surface area (TPSA) is 65.0 Å². The van der Waals surface area contributed by atoms with Crippen LogP contribution in [0.2, 0.25) is 0 Å². The Kier molecular flexibility index (Phi) is 5.04. The van der Waals surface area contributed by atoms with Crippen molar-refractivity contribution < 1.29 is 19.1 Å². The number of ether oxygens (including phenoxy) is 2. The second kappa shape index (κ2) is 7.63. The van der Waals surface area contributed by atoms with Gasteiger partial charge in [0, 0.05) is 35.7 Å². The van der Waals surface area contributed by atoms with Crippen molar-refractivity contribution in [3.8, 4) is 23.8 Å². The van der Waals surface area contributed by atoms with Gasteiger partial charge in [-0.05, 0) is 43.4 Å². The zero-order chi connectivity index (χ0) is 19.7. The van der Waals surface area contributed by atoms with E-state index in [1.165, 1.54) is 0 Å². The Labute approximate surface area is 164 Å². The third kappa shape index (κ3) is 3.13. The van der Waals surface area contributed by atoms with Crippen molar-refractivity contribution in [2.45, 2.75) is 44.4 Å². The quantitative estimate of drug-likeness (QED) is 0.752. The number of terminal acetylenes is 1. The summed E-state index contributed by atoms with van der Waals surface area (Å²) < 4.78 is 11.0. The average molecular weight is 377 g/mol. The van der Waals surface area contributed by atoms with Gasteiger partial charge in [-0.25, -0.2) is 0 Å². The highest BCUT2D eigenvalue weighted by molar-refractivity contribution is 6.12. The molecule has 1 saturated carbocycles. The largest absolute Gasteiger partial charge is 0.493 e. The Balaban J connectivity index is 1.82. The van der Waals surface area contributed by atoms with Gasteiger partial charge in [0.2, 0.25) is 0 Å². The number of nitrogens with zero attached hydrogens (tertiary/aromatic N) is 1. The van der Waals surface area contributed by atoms with Crippen LogP contribution in [-0.4, -0.2) is 31.0 Å². The predicted molar refractivity (Wildman–Crippen MR) is 106 cm³/mol. The lowest BCUT2D eigenvalue weighted by Gasteiger charge is -2.38. The summed E-state index contributed by atoms with van der Waals surface area (Å²) >= 11 is 0. The van der Waals surface area contributed by atoms with Crippen LogP contribution in [0.15, 0.2) is 34.5 Å². The Morgan fingerprint density at radius 2 is 1.93 bits per heavy atom. The molecule has 0 radical (unpaired) electrons. The molecule has 0 bridgehead atoms. The van der Waals surface area contributed by atoms with Crippen LogP contribution in [0, 0.1) is 18.3 Å². The van der Waals surface area contributed by atoms with Gasteiger partial charge in [0.15, 0.2) is 17.3 Å². The summed E-state index contributed by atoms with van der Waals surface area (Å²) in [6.45, 7) is 0.144. The highest BCUT2D eigenvalue weighted by atomic mass is 16.5. The van der Waals surface area contributed by atoms with Crippen LogP contribution in [0.4, 0.5) is 0 Å². The molecule has 1 heterocycles. The lowest BCUT2D eigenvalue weighted by molar-refractivity contribution is -0.122. The maximum Gasteiger partial charge on any atom is 0.162 e. The molecule has 0 N–H and O–H groups in total. The van der Waals surface area contributed by atoms with Gasteiger partial charge in [-0.3, -0.25) is 14.6 Å². The summed E-state index contributed by atoms with van der Waals surface area (Å²) in [7, 11) is 1.57. The first-order valence-electron chi connectivity index (χ1n) is 9.74. The van der Waals surface area contributed by atoms with Crippen LogP contribution in [0.1, 0.15) is 50.0 Å². The average Bonchev–Trinajstić information content (AvgIpc) is 2.71. The monoisotopic (exact) mass is 377 g/mol. The number of carbonyl (C=O) groups is 2. The number of fused-ring (bicyclic) bond motifs is 1. The van der Waals surface area contributed by atoms with Crippen LogP contribution in [0.3, 0.4) is 0 Å². The summed E-state index contributed by atoms with van der Waals surface area (Å²) in [5.74, 6) is 3.18. The van der Waals surface area contributed by atoms with E-state index in [-0.39, 0.29) is 30.0 Å². The van der Waals surface area contributed by atoms with Crippen LogP contribution in [0.25, 0.3) is 0 Å². The summed E-state index contributed by atoms with van der Waals surface area (Å²) in [4.78, 5) is 30.5. The van der Waals surface area contributed by atoms with Crippen molar-refractivity contribution in [3.63, 3.8) is 0 Å². The smallest absolute Gasteiger partial charge is 0.162 e. The summed E-state index contributed by atoms with van der Waals surface area (Å²) in [6.07, 6.45) is 9.60. The van der Waals surface area contributed by atoms with Gasteiger partial charge in [-0.15, -0.1) is 6.42 Å². The number of hydrogen-bond donors (Lipinski definition) is 0. The number of rotatable bonds is 4. The second-order valence-corrected chi connectivity index (χ2v) is 7.42. The van der Waals surface area contributed by atoms with E-state index in [2.05, 4.69) is 5.92 Å². The first-order chi connectivity index (χ1) is 13.6. The van der Waals surface area contributed by atoms with Gasteiger partial charge in [0.1, 0.15) is 12.4 Å². The molecule has 1 fully saturated rings. The molecule has 0 saturated heterocycles. The molecule has 3 aliphatic rings. The maximum atomic E-state index is 12.9. The Hall–Kier alpha value is -2.87. The number of ketones is 2. The van der Waals surface area contributed by atoms with Crippen molar-refractivity contribution in [2.75, 3.05) is 13.7 Å². The fourth-order valence-corrected chi connectivity index (χ4v) is 4.58. The molecular weight excluding hydrogens is 354 g/mol. The lowest BCUT2D eigenvalue weighted by atomic mass is 9.67. The molecule has 2 atom stereocenters. The van der Waals surface area contributed by atoms with Crippen molar-refractivity contribution in [1.82, 2.24) is 0 Å². The van der Waals surface area contributed by atoms with Crippen LogP contribution in [0.5, 0.6) is 11.5 Å². The van der Waals surface area contributed by atoms with Crippen molar-refractivity contribution in [3.05, 3.63) is 35.0 Å². The predicted octanol–water partition coefficient (Wildman–Crippen LogP) is 3.62. The van der Waals surface area contributed by atoms with E-state index in [0.717, 1.165) is 48.2 Å². The number of methoxy groups -OCH3 is 1. The Morgan fingerprint density at radius 1 is 1.11 bits per heavy atom. The van der Waals surface area contributed by atoms with Gasteiger partial charge in [-0.2, -0.15) is 0 Å². The van der Waals surface area contributed by atoms with E-state index in [1.807, 2.05) is 12.1 Å². The standard InChI is InChI=1S/C23H23NO4/c1-3-12-28-19-11-10-14(13-20(19)27-2)21-22-15(6-4-8-17(22)25)24-16-7-5-9-18(26)23(16)21/h1,10-11,13,21-22H,4-9,12H2,2H3/t21-,22?/m1/s1. The van der Waals surface area contributed by atoms with Crippen molar-refractivity contribution >= 4 is 17.3 Å². The number of Topliss-reactive ketones (excluding diaryl/α,β-unsaturated/α-hetero) is 2. The van der Waals surface area contributed by atoms with E-state index in [1.54, 1.807) is 13.2 Å². The molecule has 144 valence electrons. The Morgan fingerprint density at radius 3 is 2.71 bits per heavy atom. The van der Waals surface area contributed by atoms with Crippen LogP contribution < -0.4 is 9.47 Å². The minimum Gasteiger partial charge on any atom is -0.493 e. The molecule has 1 aromatic rings. The molecule has 0 spiro atoms.